The highest BCUT2D eigenvalue weighted by Crippen LogP contribution is 2.40. The lowest BCUT2D eigenvalue weighted by Gasteiger charge is -2.33. The zero-order valence-electron chi connectivity index (χ0n) is 7.11. The third-order valence-corrected chi connectivity index (χ3v) is 3.27. The molecule has 64 valence electrons. The van der Waals surface area contributed by atoms with Gasteiger partial charge in [0, 0.05) is 5.33 Å². The Morgan fingerprint density at radius 1 is 1.27 bits per heavy atom. The molecule has 1 rings (SSSR count). The van der Waals surface area contributed by atoms with E-state index in [4.69, 9.17) is 0 Å². The van der Waals surface area contributed by atoms with Gasteiger partial charge >= 0.3 is 0 Å². The lowest BCUT2D eigenvalue weighted by molar-refractivity contribution is 0.252. The van der Waals surface area contributed by atoms with Crippen molar-refractivity contribution in [1.29, 1.82) is 0 Å². The van der Waals surface area contributed by atoms with E-state index in [1.54, 1.807) is 0 Å². The average Bonchev–Trinajstić information content (AvgIpc) is 2.07. The molecule has 0 spiro atoms. The predicted octanol–water partition coefficient (Wildman–Crippen LogP) is 3.91. The smallest absolute Gasteiger partial charge is 0.00395 e. The van der Waals surface area contributed by atoms with Crippen molar-refractivity contribution >= 4 is 15.9 Å². The van der Waals surface area contributed by atoms with Crippen LogP contribution in [0, 0.1) is 5.41 Å². The van der Waals surface area contributed by atoms with Gasteiger partial charge in [-0.25, -0.2) is 0 Å². The van der Waals surface area contributed by atoms with Crippen molar-refractivity contribution in [2.45, 2.75) is 38.5 Å². The second-order valence-electron chi connectivity index (χ2n) is 3.57. The summed E-state index contributed by atoms with van der Waals surface area (Å²) in [5.41, 5.74) is 0.488. The number of halogens is 1. The third kappa shape index (κ3) is 2.33. The fraction of sp³-hybridized carbons (Fsp3) is 0.800. The van der Waals surface area contributed by atoms with E-state index in [0.29, 0.717) is 5.41 Å². The molecule has 1 aliphatic carbocycles. The van der Waals surface area contributed by atoms with Crippen LogP contribution in [0.25, 0.3) is 0 Å². The first-order chi connectivity index (χ1) is 5.33. The summed E-state index contributed by atoms with van der Waals surface area (Å²) >= 11 is 3.51. The standard InChI is InChI=1S/C10H17Br/c1-2-10(8-9-11)6-4-3-5-7-10/h2H,1,3-9H2. The van der Waals surface area contributed by atoms with Crippen LogP contribution in [0.5, 0.6) is 0 Å². The van der Waals surface area contributed by atoms with Gasteiger partial charge in [-0.1, -0.05) is 41.3 Å². The summed E-state index contributed by atoms with van der Waals surface area (Å²) in [5, 5.41) is 1.12. The molecule has 0 aromatic heterocycles. The van der Waals surface area contributed by atoms with Crippen LogP contribution in [0.3, 0.4) is 0 Å². The van der Waals surface area contributed by atoms with Crippen LogP contribution in [-0.2, 0) is 0 Å². The molecule has 0 unspecified atom stereocenters. The van der Waals surface area contributed by atoms with E-state index >= 15 is 0 Å². The molecule has 1 saturated carbocycles. The number of hydrogen-bond acceptors (Lipinski definition) is 0. The highest BCUT2D eigenvalue weighted by Gasteiger charge is 2.27. The van der Waals surface area contributed by atoms with Crippen molar-refractivity contribution in [1.82, 2.24) is 0 Å². The number of allylic oxidation sites excluding steroid dienone is 1. The molecule has 0 aliphatic heterocycles. The molecule has 0 nitrogen and oxygen atoms in total. The predicted molar refractivity (Wildman–Crippen MR) is 54.1 cm³/mol. The maximum Gasteiger partial charge on any atom is 0.00395 e. The highest BCUT2D eigenvalue weighted by atomic mass is 79.9. The van der Waals surface area contributed by atoms with Crippen molar-refractivity contribution in [3.05, 3.63) is 12.7 Å². The van der Waals surface area contributed by atoms with E-state index in [1.807, 2.05) is 0 Å². The van der Waals surface area contributed by atoms with E-state index < -0.39 is 0 Å². The van der Waals surface area contributed by atoms with Gasteiger partial charge < -0.3 is 0 Å². The van der Waals surface area contributed by atoms with Crippen LogP contribution >= 0.6 is 15.9 Å². The summed E-state index contributed by atoms with van der Waals surface area (Å²) in [5.74, 6) is 0. The first kappa shape index (κ1) is 9.31. The van der Waals surface area contributed by atoms with Gasteiger partial charge in [0.2, 0.25) is 0 Å². The van der Waals surface area contributed by atoms with Crippen molar-refractivity contribution in [2.75, 3.05) is 5.33 Å². The van der Waals surface area contributed by atoms with Crippen LogP contribution in [-0.4, -0.2) is 5.33 Å². The van der Waals surface area contributed by atoms with Gasteiger partial charge in [-0.3, -0.25) is 0 Å². The molecular formula is C10H17Br. The highest BCUT2D eigenvalue weighted by molar-refractivity contribution is 9.09. The molecule has 1 heteroatoms. The van der Waals surface area contributed by atoms with Crippen LogP contribution in [0.15, 0.2) is 12.7 Å². The van der Waals surface area contributed by atoms with Crippen molar-refractivity contribution in [2.24, 2.45) is 5.41 Å². The fourth-order valence-corrected chi connectivity index (χ4v) is 2.79. The topological polar surface area (TPSA) is 0 Å². The molecule has 0 saturated heterocycles. The Morgan fingerprint density at radius 3 is 2.36 bits per heavy atom. The minimum Gasteiger partial charge on any atom is -0.103 e. The Balaban J connectivity index is 2.49. The van der Waals surface area contributed by atoms with Gasteiger partial charge in [0.25, 0.3) is 0 Å². The Bertz CT molecular complexity index is 117. The lowest BCUT2D eigenvalue weighted by atomic mass is 9.72. The third-order valence-electron chi connectivity index (χ3n) is 2.87. The molecular weight excluding hydrogens is 200 g/mol. The SMILES string of the molecule is C=CC1(CCBr)CCCCC1. The largest absolute Gasteiger partial charge is 0.103 e. The van der Waals surface area contributed by atoms with E-state index in [1.165, 1.54) is 38.5 Å². The summed E-state index contributed by atoms with van der Waals surface area (Å²) in [6, 6.07) is 0. The Labute approximate surface area is 78.2 Å². The van der Waals surface area contributed by atoms with Crippen molar-refractivity contribution in [3.8, 4) is 0 Å². The maximum atomic E-state index is 3.95. The summed E-state index contributed by atoms with van der Waals surface area (Å²) in [7, 11) is 0. The Hall–Kier alpha value is 0.220. The summed E-state index contributed by atoms with van der Waals surface area (Å²) in [6.07, 6.45) is 10.4. The van der Waals surface area contributed by atoms with Crippen molar-refractivity contribution < 1.29 is 0 Å². The Kier molecular flexibility index (Phi) is 3.64. The number of hydrogen-bond donors (Lipinski definition) is 0. The molecule has 0 aromatic carbocycles. The molecule has 0 radical (unpaired) electrons. The zero-order chi connectivity index (χ0) is 8.16. The molecule has 0 bridgehead atoms. The van der Waals surface area contributed by atoms with Crippen LogP contribution in [0.1, 0.15) is 38.5 Å². The minimum atomic E-state index is 0.488. The molecule has 1 fully saturated rings. The second kappa shape index (κ2) is 4.30. The molecule has 0 amide bonds. The Morgan fingerprint density at radius 2 is 1.91 bits per heavy atom. The van der Waals surface area contributed by atoms with Crippen LogP contribution in [0.4, 0.5) is 0 Å². The molecule has 0 N–H and O–H groups in total. The lowest BCUT2D eigenvalue weighted by Crippen LogP contribution is -2.21. The van der Waals surface area contributed by atoms with Crippen molar-refractivity contribution in [3.63, 3.8) is 0 Å². The van der Waals surface area contributed by atoms with Gasteiger partial charge in [-0.2, -0.15) is 0 Å². The molecule has 1 aliphatic rings. The molecule has 0 aromatic rings. The van der Waals surface area contributed by atoms with E-state index in [9.17, 15) is 0 Å². The van der Waals surface area contributed by atoms with E-state index in [2.05, 4.69) is 28.6 Å². The zero-order valence-corrected chi connectivity index (χ0v) is 8.70. The van der Waals surface area contributed by atoms with Gasteiger partial charge in [0.15, 0.2) is 0 Å². The summed E-state index contributed by atoms with van der Waals surface area (Å²) in [6.45, 7) is 3.95. The second-order valence-corrected chi connectivity index (χ2v) is 4.36. The first-order valence-corrected chi connectivity index (χ1v) is 5.65. The average molecular weight is 217 g/mol. The molecule has 11 heavy (non-hydrogen) atoms. The molecule has 0 atom stereocenters. The van der Waals surface area contributed by atoms with Crippen LogP contribution in [0.2, 0.25) is 0 Å². The van der Waals surface area contributed by atoms with Crippen LogP contribution < -0.4 is 0 Å². The quantitative estimate of drug-likeness (QED) is 0.496. The van der Waals surface area contributed by atoms with E-state index in [0.717, 1.165) is 5.33 Å². The normalized spacial score (nSPS) is 23.0. The van der Waals surface area contributed by atoms with Gasteiger partial charge in [0.05, 0.1) is 0 Å². The van der Waals surface area contributed by atoms with E-state index in [-0.39, 0.29) is 0 Å². The molecule has 0 heterocycles. The summed E-state index contributed by atoms with van der Waals surface area (Å²) in [4.78, 5) is 0. The summed E-state index contributed by atoms with van der Waals surface area (Å²) < 4.78 is 0. The number of rotatable bonds is 3. The fourth-order valence-electron chi connectivity index (χ4n) is 2.00. The maximum absolute atomic E-state index is 3.95. The minimum absolute atomic E-state index is 0.488. The van der Waals surface area contributed by atoms with Gasteiger partial charge in [-0.05, 0) is 24.7 Å². The monoisotopic (exact) mass is 216 g/mol. The van der Waals surface area contributed by atoms with Gasteiger partial charge in [0.1, 0.15) is 0 Å². The van der Waals surface area contributed by atoms with Gasteiger partial charge in [-0.15, -0.1) is 6.58 Å². The number of alkyl halides is 1. The first-order valence-electron chi connectivity index (χ1n) is 4.52.